The Balaban J connectivity index is 2.70. The minimum atomic E-state index is 0.381. The van der Waals surface area contributed by atoms with E-state index in [1.165, 1.54) is 0 Å². The van der Waals surface area contributed by atoms with Crippen molar-refractivity contribution in [2.45, 2.75) is 6.92 Å². The van der Waals surface area contributed by atoms with Gasteiger partial charge in [0.15, 0.2) is 6.29 Å². The van der Waals surface area contributed by atoms with Crippen LogP contribution in [0.25, 0.3) is 0 Å². The summed E-state index contributed by atoms with van der Waals surface area (Å²) in [5, 5.41) is 0. The van der Waals surface area contributed by atoms with Crippen LogP contribution in [-0.4, -0.2) is 29.9 Å². The summed E-state index contributed by atoms with van der Waals surface area (Å²) in [4.78, 5) is 14.7. The third-order valence-corrected chi connectivity index (χ3v) is 2.26. The van der Waals surface area contributed by atoms with Crippen molar-refractivity contribution in [1.82, 2.24) is 4.98 Å². The normalized spacial score (nSPS) is 9.86. The number of thioether (sulfide) groups is 1. The highest BCUT2D eigenvalue weighted by Gasteiger charge is 2.03. The van der Waals surface area contributed by atoms with Crippen molar-refractivity contribution in [3.63, 3.8) is 0 Å². The Bertz CT molecular complexity index is 315. The van der Waals surface area contributed by atoms with Gasteiger partial charge < -0.3 is 4.74 Å². The van der Waals surface area contributed by atoms with Crippen molar-refractivity contribution in [1.29, 1.82) is 0 Å². The third kappa shape index (κ3) is 3.03. The highest BCUT2D eigenvalue weighted by Crippen LogP contribution is 2.15. The van der Waals surface area contributed by atoms with E-state index in [1.807, 2.05) is 19.2 Å². The Hall–Kier alpha value is -1.03. The van der Waals surface area contributed by atoms with E-state index < -0.39 is 0 Å². The first-order valence-corrected chi connectivity index (χ1v) is 5.72. The molecule has 0 aliphatic carbocycles. The second-order valence-corrected chi connectivity index (χ2v) is 3.78. The number of pyridine rings is 1. The highest BCUT2D eigenvalue weighted by molar-refractivity contribution is 7.98. The van der Waals surface area contributed by atoms with Gasteiger partial charge in [-0.05, 0) is 25.3 Å². The minimum Gasteiger partial charge on any atom is -0.490 e. The third-order valence-electron chi connectivity index (χ3n) is 1.68. The summed E-state index contributed by atoms with van der Waals surface area (Å²) in [6.07, 6.45) is 2.73. The molecule has 0 fully saturated rings. The Morgan fingerprint density at radius 3 is 3.00 bits per heavy atom. The molecule has 0 aliphatic rings. The van der Waals surface area contributed by atoms with Gasteiger partial charge in [0.05, 0.1) is 6.61 Å². The number of aromatic nitrogens is 1. The highest BCUT2D eigenvalue weighted by atomic mass is 32.2. The SMILES string of the molecule is CSCCOc1ccc(C)nc1C=O. The molecule has 0 bridgehead atoms. The Kier molecular flexibility index (Phi) is 4.46. The van der Waals surface area contributed by atoms with E-state index in [9.17, 15) is 4.79 Å². The standard InChI is InChI=1S/C10H13NO2S/c1-8-3-4-10(9(7-12)11-8)13-5-6-14-2/h3-4,7H,5-6H2,1-2H3. The van der Waals surface area contributed by atoms with Crippen LogP contribution in [0, 0.1) is 6.92 Å². The van der Waals surface area contributed by atoms with Crippen LogP contribution < -0.4 is 4.74 Å². The second kappa shape index (κ2) is 5.65. The molecule has 0 saturated carbocycles. The lowest BCUT2D eigenvalue weighted by atomic mass is 10.3. The average molecular weight is 211 g/mol. The van der Waals surface area contributed by atoms with Gasteiger partial charge in [0.25, 0.3) is 0 Å². The van der Waals surface area contributed by atoms with Crippen molar-refractivity contribution in [3.05, 3.63) is 23.5 Å². The van der Waals surface area contributed by atoms with Crippen LogP contribution in [-0.2, 0) is 0 Å². The maximum Gasteiger partial charge on any atom is 0.172 e. The first-order chi connectivity index (χ1) is 6.77. The number of aldehydes is 1. The fraction of sp³-hybridized carbons (Fsp3) is 0.400. The lowest BCUT2D eigenvalue weighted by Gasteiger charge is -2.06. The summed E-state index contributed by atoms with van der Waals surface area (Å²) in [6, 6.07) is 3.62. The second-order valence-electron chi connectivity index (χ2n) is 2.80. The summed E-state index contributed by atoms with van der Waals surface area (Å²) < 4.78 is 5.41. The number of hydrogen-bond acceptors (Lipinski definition) is 4. The molecule has 1 heterocycles. The predicted octanol–water partition coefficient (Wildman–Crippen LogP) is 1.94. The summed E-state index contributed by atoms with van der Waals surface area (Å²) in [5.41, 5.74) is 1.20. The van der Waals surface area contributed by atoms with Gasteiger partial charge in [-0.25, -0.2) is 4.98 Å². The fourth-order valence-electron chi connectivity index (χ4n) is 1.01. The summed E-state index contributed by atoms with van der Waals surface area (Å²) in [6.45, 7) is 2.45. The number of aryl methyl sites for hydroxylation is 1. The van der Waals surface area contributed by atoms with Crippen LogP contribution in [0.4, 0.5) is 0 Å². The zero-order valence-electron chi connectivity index (χ0n) is 8.32. The lowest BCUT2D eigenvalue weighted by molar-refractivity contribution is 0.111. The van der Waals surface area contributed by atoms with Crippen LogP contribution in [0.1, 0.15) is 16.2 Å². The van der Waals surface area contributed by atoms with Gasteiger partial charge in [0.2, 0.25) is 0 Å². The van der Waals surface area contributed by atoms with Crippen LogP contribution in [0.15, 0.2) is 12.1 Å². The van der Waals surface area contributed by atoms with Crippen LogP contribution in [0.5, 0.6) is 5.75 Å². The quantitative estimate of drug-likeness (QED) is 0.551. The number of nitrogens with zero attached hydrogens (tertiary/aromatic N) is 1. The summed E-state index contributed by atoms with van der Waals surface area (Å²) in [7, 11) is 0. The van der Waals surface area contributed by atoms with E-state index in [0.29, 0.717) is 18.1 Å². The number of rotatable bonds is 5. The largest absolute Gasteiger partial charge is 0.490 e. The van der Waals surface area contributed by atoms with E-state index in [2.05, 4.69) is 4.98 Å². The van der Waals surface area contributed by atoms with E-state index in [0.717, 1.165) is 17.7 Å². The van der Waals surface area contributed by atoms with Gasteiger partial charge in [-0.2, -0.15) is 11.8 Å². The molecule has 1 aromatic heterocycles. The number of ether oxygens (including phenoxy) is 1. The van der Waals surface area contributed by atoms with E-state index in [4.69, 9.17) is 4.74 Å². The molecule has 0 atom stereocenters. The summed E-state index contributed by atoms with van der Waals surface area (Å²) >= 11 is 1.70. The van der Waals surface area contributed by atoms with Crippen molar-refractivity contribution in [2.24, 2.45) is 0 Å². The van der Waals surface area contributed by atoms with E-state index in [-0.39, 0.29) is 0 Å². The first kappa shape index (κ1) is 11.0. The van der Waals surface area contributed by atoms with Crippen molar-refractivity contribution >= 4 is 18.0 Å². The molecule has 1 aromatic rings. The molecule has 0 saturated heterocycles. The molecule has 0 spiro atoms. The molecule has 1 rings (SSSR count). The van der Waals surface area contributed by atoms with Gasteiger partial charge in [-0.3, -0.25) is 4.79 Å². The molecule has 0 unspecified atom stereocenters. The van der Waals surface area contributed by atoms with Crippen molar-refractivity contribution in [2.75, 3.05) is 18.6 Å². The summed E-state index contributed by atoms with van der Waals surface area (Å²) in [5.74, 6) is 1.48. The minimum absolute atomic E-state index is 0.381. The van der Waals surface area contributed by atoms with Gasteiger partial charge in [0, 0.05) is 11.4 Å². The van der Waals surface area contributed by atoms with Crippen LogP contribution in [0.3, 0.4) is 0 Å². The molecule has 14 heavy (non-hydrogen) atoms. The molecule has 0 radical (unpaired) electrons. The topological polar surface area (TPSA) is 39.2 Å². The molecule has 0 amide bonds. The molecular weight excluding hydrogens is 198 g/mol. The van der Waals surface area contributed by atoms with Gasteiger partial charge in [-0.1, -0.05) is 0 Å². The number of hydrogen-bond donors (Lipinski definition) is 0. The van der Waals surface area contributed by atoms with Crippen molar-refractivity contribution < 1.29 is 9.53 Å². The van der Waals surface area contributed by atoms with E-state index in [1.54, 1.807) is 17.8 Å². The molecule has 0 aromatic carbocycles. The first-order valence-electron chi connectivity index (χ1n) is 4.32. The Morgan fingerprint density at radius 2 is 2.36 bits per heavy atom. The smallest absolute Gasteiger partial charge is 0.172 e. The van der Waals surface area contributed by atoms with Crippen LogP contribution >= 0.6 is 11.8 Å². The Morgan fingerprint density at radius 1 is 1.57 bits per heavy atom. The predicted molar refractivity (Wildman–Crippen MR) is 58.2 cm³/mol. The molecule has 3 nitrogen and oxygen atoms in total. The molecule has 4 heteroatoms. The number of carbonyl (C=O) groups excluding carboxylic acids is 1. The van der Waals surface area contributed by atoms with Crippen LogP contribution in [0.2, 0.25) is 0 Å². The molecular formula is C10H13NO2S. The fourth-order valence-corrected chi connectivity index (χ4v) is 1.26. The zero-order valence-corrected chi connectivity index (χ0v) is 9.13. The van der Waals surface area contributed by atoms with Gasteiger partial charge >= 0.3 is 0 Å². The molecule has 0 aliphatic heterocycles. The van der Waals surface area contributed by atoms with Gasteiger partial charge in [0.1, 0.15) is 11.4 Å². The molecule has 76 valence electrons. The lowest BCUT2D eigenvalue weighted by Crippen LogP contribution is -2.03. The monoisotopic (exact) mass is 211 g/mol. The van der Waals surface area contributed by atoms with E-state index >= 15 is 0 Å². The average Bonchev–Trinajstić information content (AvgIpc) is 2.20. The number of carbonyl (C=O) groups is 1. The maximum absolute atomic E-state index is 10.7. The van der Waals surface area contributed by atoms with Gasteiger partial charge in [-0.15, -0.1) is 0 Å². The molecule has 0 N–H and O–H groups in total. The Labute approximate surface area is 87.9 Å². The maximum atomic E-state index is 10.7. The van der Waals surface area contributed by atoms with Crippen molar-refractivity contribution in [3.8, 4) is 5.75 Å². The zero-order chi connectivity index (χ0) is 10.4.